The maximum absolute atomic E-state index is 12.7. The number of pyridine rings is 1. The highest BCUT2D eigenvalue weighted by molar-refractivity contribution is 5.90. The molecular formula is C20H23F3N4O2. The summed E-state index contributed by atoms with van der Waals surface area (Å²) in [7, 11) is 1.49. The Bertz CT molecular complexity index is 827. The van der Waals surface area contributed by atoms with Crippen LogP contribution < -0.4 is 10.1 Å². The van der Waals surface area contributed by atoms with Crippen molar-refractivity contribution >= 4 is 11.7 Å². The van der Waals surface area contributed by atoms with E-state index >= 15 is 0 Å². The van der Waals surface area contributed by atoms with Crippen molar-refractivity contribution in [3.05, 3.63) is 53.7 Å². The molecule has 9 heteroatoms. The second-order valence-corrected chi connectivity index (χ2v) is 6.80. The van der Waals surface area contributed by atoms with Crippen LogP contribution in [0.4, 0.5) is 23.7 Å². The molecule has 0 radical (unpaired) electrons. The van der Waals surface area contributed by atoms with E-state index < -0.39 is 11.7 Å². The number of ether oxygens (including phenoxy) is 1. The number of urea groups is 1. The zero-order valence-electron chi connectivity index (χ0n) is 16.1. The van der Waals surface area contributed by atoms with Crippen molar-refractivity contribution in [2.75, 3.05) is 38.6 Å². The molecule has 0 aliphatic carbocycles. The number of nitrogens with one attached hydrogen (secondary N) is 1. The summed E-state index contributed by atoms with van der Waals surface area (Å²) in [6.07, 6.45) is -1.97. The van der Waals surface area contributed by atoms with Gasteiger partial charge in [-0.1, -0.05) is 12.1 Å². The molecule has 1 N–H and O–H groups in total. The Hall–Kier alpha value is -2.81. The molecule has 29 heavy (non-hydrogen) atoms. The van der Waals surface area contributed by atoms with Crippen molar-refractivity contribution in [3.63, 3.8) is 0 Å². The number of hydrogen-bond acceptors (Lipinski definition) is 4. The van der Waals surface area contributed by atoms with E-state index in [0.717, 1.165) is 30.7 Å². The van der Waals surface area contributed by atoms with Crippen molar-refractivity contribution in [3.8, 4) is 5.88 Å². The minimum atomic E-state index is -4.33. The molecule has 0 spiro atoms. The van der Waals surface area contributed by atoms with Crippen LogP contribution in [0, 0.1) is 0 Å². The smallest absolute Gasteiger partial charge is 0.416 e. The Morgan fingerprint density at radius 2 is 1.90 bits per heavy atom. The van der Waals surface area contributed by atoms with Crippen LogP contribution in [0.2, 0.25) is 0 Å². The van der Waals surface area contributed by atoms with Gasteiger partial charge < -0.3 is 15.0 Å². The molecule has 156 valence electrons. The first-order chi connectivity index (χ1) is 13.9. The van der Waals surface area contributed by atoms with E-state index in [0.29, 0.717) is 37.7 Å². The average molecular weight is 408 g/mol. The van der Waals surface area contributed by atoms with Crippen molar-refractivity contribution in [1.82, 2.24) is 14.8 Å². The van der Waals surface area contributed by atoms with Gasteiger partial charge in [-0.25, -0.2) is 9.78 Å². The van der Waals surface area contributed by atoms with Crippen LogP contribution in [0.3, 0.4) is 0 Å². The number of methoxy groups -OCH3 is 1. The lowest BCUT2D eigenvalue weighted by molar-refractivity contribution is -0.137. The minimum absolute atomic E-state index is 0.229. The van der Waals surface area contributed by atoms with Gasteiger partial charge in [0.2, 0.25) is 5.88 Å². The number of aromatic nitrogens is 1. The summed E-state index contributed by atoms with van der Waals surface area (Å²) in [5.41, 5.74) is 0.674. The number of hydrogen-bond donors (Lipinski definition) is 1. The van der Waals surface area contributed by atoms with Crippen molar-refractivity contribution in [2.24, 2.45) is 0 Å². The lowest BCUT2D eigenvalue weighted by Gasteiger charge is -2.22. The minimum Gasteiger partial charge on any atom is -0.480 e. The monoisotopic (exact) mass is 408 g/mol. The van der Waals surface area contributed by atoms with Crippen LogP contribution in [-0.2, 0) is 12.7 Å². The van der Waals surface area contributed by atoms with Crippen molar-refractivity contribution in [1.29, 1.82) is 0 Å². The molecule has 1 fully saturated rings. The molecule has 0 atom stereocenters. The number of rotatable bonds is 4. The number of carbonyl (C=O) groups is 1. The van der Waals surface area contributed by atoms with Crippen molar-refractivity contribution in [2.45, 2.75) is 19.1 Å². The average Bonchev–Trinajstić information content (AvgIpc) is 2.94. The topological polar surface area (TPSA) is 57.7 Å². The van der Waals surface area contributed by atoms with E-state index in [1.165, 1.54) is 19.2 Å². The number of halogens is 3. The van der Waals surface area contributed by atoms with Crippen LogP contribution in [0.5, 0.6) is 5.88 Å². The van der Waals surface area contributed by atoms with Crippen LogP contribution in [0.1, 0.15) is 17.5 Å². The third-order valence-electron chi connectivity index (χ3n) is 4.77. The number of amides is 2. The second-order valence-electron chi connectivity index (χ2n) is 6.80. The molecule has 3 rings (SSSR count). The van der Waals surface area contributed by atoms with Crippen molar-refractivity contribution < 1.29 is 22.7 Å². The Labute approximate surface area is 167 Å². The molecule has 2 heterocycles. The fraction of sp³-hybridized carbons (Fsp3) is 0.400. The first-order valence-electron chi connectivity index (χ1n) is 9.30. The van der Waals surface area contributed by atoms with Gasteiger partial charge in [-0.2, -0.15) is 13.2 Å². The fourth-order valence-corrected chi connectivity index (χ4v) is 3.23. The first kappa shape index (κ1) is 20.9. The van der Waals surface area contributed by atoms with Gasteiger partial charge in [0.05, 0.1) is 12.7 Å². The highest BCUT2D eigenvalue weighted by Crippen LogP contribution is 2.29. The van der Waals surface area contributed by atoms with E-state index in [1.54, 1.807) is 23.2 Å². The highest BCUT2D eigenvalue weighted by atomic mass is 19.4. The third-order valence-corrected chi connectivity index (χ3v) is 4.77. The molecule has 6 nitrogen and oxygen atoms in total. The lowest BCUT2D eigenvalue weighted by atomic mass is 10.1. The quantitative estimate of drug-likeness (QED) is 0.835. The van der Waals surface area contributed by atoms with Gasteiger partial charge in [0, 0.05) is 38.9 Å². The van der Waals surface area contributed by atoms with E-state index in [2.05, 4.69) is 15.2 Å². The number of carbonyl (C=O) groups excluding carboxylic acids is 1. The van der Waals surface area contributed by atoms with Gasteiger partial charge in [0.15, 0.2) is 0 Å². The van der Waals surface area contributed by atoms with Gasteiger partial charge >= 0.3 is 12.2 Å². The molecule has 0 bridgehead atoms. The van der Waals surface area contributed by atoms with Crippen LogP contribution in [-0.4, -0.2) is 54.1 Å². The summed E-state index contributed by atoms with van der Waals surface area (Å²) in [6.45, 7) is 3.07. The maximum atomic E-state index is 12.7. The predicted molar refractivity (Wildman–Crippen MR) is 103 cm³/mol. The zero-order chi connectivity index (χ0) is 20.9. The normalized spacial score (nSPS) is 15.7. The number of nitrogens with zero attached hydrogens (tertiary/aromatic N) is 3. The number of anilines is 1. The SMILES string of the molecule is COc1ncccc1NC(=O)N1CCCN(Cc2ccc(C(F)(F)F)cc2)CC1. The molecule has 2 amide bonds. The fourth-order valence-electron chi connectivity index (χ4n) is 3.23. The maximum Gasteiger partial charge on any atom is 0.416 e. The largest absolute Gasteiger partial charge is 0.480 e. The van der Waals surface area contributed by atoms with Crippen LogP contribution in [0.25, 0.3) is 0 Å². The standard InChI is InChI=1S/C20H23F3N4O2/c1-29-18-17(4-2-9-24-18)25-19(28)27-11-3-10-26(12-13-27)14-15-5-7-16(8-6-15)20(21,22)23/h2,4-9H,3,10-14H2,1H3,(H,25,28). The Morgan fingerprint density at radius 3 is 2.59 bits per heavy atom. The molecule has 2 aromatic rings. The molecule has 1 aliphatic heterocycles. The number of alkyl halides is 3. The molecule has 0 saturated carbocycles. The van der Waals surface area contributed by atoms with Gasteiger partial charge in [-0.15, -0.1) is 0 Å². The summed E-state index contributed by atoms with van der Waals surface area (Å²) in [6, 6.07) is 8.43. The van der Waals surface area contributed by atoms with Gasteiger partial charge in [0.1, 0.15) is 5.69 Å². The molecule has 1 aliphatic rings. The van der Waals surface area contributed by atoms with Gasteiger partial charge in [-0.3, -0.25) is 4.90 Å². The second kappa shape index (κ2) is 9.13. The summed E-state index contributed by atoms with van der Waals surface area (Å²) in [4.78, 5) is 20.5. The van der Waals surface area contributed by atoms with E-state index in [1.807, 2.05) is 0 Å². The molecule has 1 aromatic carbocycles. The van der Waals surface area contributed by atoms with E-state index in [-0.39, 0.29) is 6.03 Å². The Kier molecular flexibility index (Phi) is 6.58. The summed E-state index contributed by atoms with van der Waals surface area (Å²) in [5, 5.41) is 2.82. The van der Waals surface area contributed by atoms with E-state index in [9.17, 15) is 18.0 Å². The highest BCUT2D eigenvalue weighted by Gasteiger charge is 2.30. The predicted octanol–water partition coefficient (Wildman–Crippen LogP) is 3.85. The van der Waals surface area contributed by atoms with Crippen LogP contribution >= 0.6 is 0 Å². The Balaban J connectivity index is 1.55. The third kappa shape index (κ3) is 5.60. The zero-order valence-corrected chi connectivity index (χ0v) is 16.1. The number of benzene rings is 1. The molecule has 1 aromatic heterocycles. The molecule has 1 saturated heterocycles. The lowest BCUT2D eigenvalue weighted by Crippen LogP contribution is -2.38. The van der Waals surface area contributed by atoms with Gasteiger partial charge in [-0.05, 0) is 36.2 Å². The van der Waals surface area contributed by atoms with Crippen LogP contribution in [0.15, 0.2) is 42.6 Å². The Morgan fingerprint density at radius 1 is 1.14 bits per heavy atom. The summed E-state index contributed by atoms with van der Waals surface area (Å²) >= 11 is 0. The molecular weight excluding hydrogens is 385 g/mol. The first-order valence-corrected chi connectivity index (χ1v) is 9.30. The van der Waals surface area contributed by atoms with E-state index in [4.69, 9.17) is 4.74 Å². The van der Waals surface area contributed by atoms with Gasteiger partial charge in [0.25, 0.3) is 0 Å². The summed E-state index contributed by atoms with van der Waals surface area (Å²) < 4.78 is 43.2. The summed E-state index contributed by atoms with van der Waals surface area (Å²) in [5.74, 6) is 0.347. The molecule has 0 unspecified atom stereocenters.